The van der Waals surface area contributed by atoms with Crippen molar-refractivity contribution >= 4 is 11.8 Å². The number of likely N-dealkylation sites (tertiary alicyclic amines) is 1. The number of ether oxygens (including phenoxy) is 1. The molecule has 5 nitrogen and oxygen atoms in total. The van der Waals surface area contributed by atoms with Crippen LogP contribution >= 0.6 is 0 Å². The van der Waals surface area contributed by atoms with Crippen molar-refractivity contribution in [1.29, 1.82) is 0 Å². The number of carbonyl (C=O) groups is 2. The summed E-state index contributed by atoms with van der Waals surface area (Å²) in [6.45, 7) is 6.76. The van der Waals surface area contributed by atoms with Gasteiger partial charge < -0.3 is 15.0 Å². The van der Waals surface area contributed by atoms with Gasteiger partial charge in [-0.2, -0.15) is 0 Å². The van der Waals surface area contributed by atoms with Crippen molar-refractivity contribution in [3.8, 4) is 0 Å². The topological polar surface area (TPSA) is 58.6 Å². The van der Waals surface area contributed by atoms with E-state index in [0.29, 0.717) is 25.6 Å². The van der Waals surface area contributed by atoms with Crippen molar-refractivity contribution in [3.63, 3.8) is 0 Å². The van der Waals surface area contributed by atoms with E-state index in [1.54, 1.807) is 0 Å². The van der Waals surface area contributed by atoms with E-state index < -0.39 is 6.04 Å². The second kappa shape index (κ2) is 10.2. The van der Waals surface area contributed by atoms with Crippen LogP contribution in [-0.2, 0) is 20.7 Å². The van der Waals surface area contributed by atoms with Crippen LogP contribution in [0, 0.1) is 5.92 Å². The lowest BCUT2D eigenvalue weighted by atomic mass is 10.0. The number of carbonyl (C=O) groups excluding carboxylic acids is 2. The van der Waals surface area contributed by atoms with Crippen LogP contribution in [-0.4, -0.2) is 49.1 Å². The van der Waals surface area contributed by atoms with E-state index in [0.717, 1.165) is 31.5 Å². The Kier molecular flexibility index (Phi) is 7.92. The molecular formula is C20H30N2O3. The fourth-order valence-electron chi connectivity index (χ4n) is 2.96. The van der Waals surface area contributed by atoms with Gasteiger partial charge in [-0.25, -0.2) is 0 Å². The largest absolute Gasteiger partial charge is 0.381 e. The molecule has 0 aromatic heterocycles. The summed E-state index contributed by atoms with van der Waals surface area (Å²) in [5.41, 5.74) is 1.05. The SMILES string of the molecule is CC(C)COCCC(=O)N[C@@H](Cc1ccccc1)C(=O)N1CCCC1. The fraction of sp³-hybridized carbons (Fsp3) is 0.600. The van der Waals surface area contributed by atoms with Crippen LogP contribution in [0.2, 0.25) is 0 Å². The van der Waals surface area contributed by atoms with Crippen LogP contribution in [0.3, 0.4) is 0 Å². The number of hydrogen-bond acceptors (Lipinski definition) is 3. The Hall–Kier alpha value is -1.88. The van der Waals surface area contributed by atoms with Crippen LogP contribution in [0.5, 0.6) is 0 Å². The van der Waals surface area contributed by atoms with E-state index >= 15 is 0 Å². The molecule has 1 atom stereocenters. The quantitative estimate of drug-likeness (QED) is 0.699. The zero-order valence-corrected chi connectivity index (χ0v) is 15.4. The molecule has 0 unspecified atom stereocenters. The normalized spacial score (nSPS) is 15.4. The molecule has 1 saturated heterocycles. The van der Waals surface area contributed by atoms with Crippen LogP contribution in [0.1, 0.15) is 38.7 Å². The molecule has 0 aliphatic carbocycles. The first-order valence-corrected chi connectivity index (χ1v) is 9.26. The Bertz CT molecular complexity index is 539. The summed E-state index contributed by atoms with van der Waals surface area (Å²) < 4.78 is 5.47. The molecule has 2 amide bonds. The highest BCUT2D eigenvalue weighted by atomic mass is 16.5. The summed E-state index contributed by atoms with van der Waals surface area (Å²) >= 11 is 0. The highest BCUT2D eigenvalue weighted by molar-refractivity contribution is 5.88. The van der Waals surface area contributed by atoms with Gasteiger partial charge in [-0.1, -0.05) is 44.2 Å². The molecule has 1 N–H and O–H groups in total. The van der Waals surface area contributed by atoms with Crippen molar-refractivity contribution in [2.45, 2.75) is 45.6 Å². The number of hydrogen-bond donors (Lipinski definition) is 1. The minimum Gasteiger partial charge on any atom is -0.381 e. The van der Waals surface area contributed by atoms with Crippen molar-refractivity contribution in [3.05, 3.63) is 35.9 Å². The van der Waals surface area contributed by atoms with E-state index in [1.165, 1.54) is 0 Å². The van der Waals surface area contributed by atoms with Gasteiger partial charge in [-0.15, -0.1) is 0 Å². The standard InChI is InChI=1S/C20H30N2O3/c1-16(2)15-25-13-10-19(23)21-18(14-17-8-4-3-5-9-17)20(24)22-11-6-7-12-22/h3-5,8-9,16,18H,6-7,10-15H2,1-2H3,(H,21,23)/t18-/m0/s1. The third-order valence-corrected chi connectivity index (χ3v) is 4.26. The Labute approximate surface area is 150 Å². The maximum Gasteiger partial charge on any atom is 0.245 e. The lowest BCUT2D eigenvalue weighted by molar-refractivity contribution is -0.135. The minimum atomic E-state index is -0.502. The molecule has 138 valence electrons. The summed E-state index contributed by atoms with van der Waals surface area (Å²) in [7, 11) is 0. The molecule has 1 fully saturated rings. The van der Waals surface area contributed by atoms with Gasteiger partial charge in [-0.05, 0) is 24.3 Å². The number of amides is 2. The van der Waals surface area contributed by atoms with Crippen LogP contribution in [0.4, 0.5) is 0 Å². The molecule has 1 heterocycles. The number of nitrogens with one attached hydrogen (secondary N) is 1. The summed E-state index contributed by atoms with van der Waals surface area (Å²) in [6.07, 6.45) is 2.89. The summed E-state index contributed by atoms with van der Waals surface area (Å²) in [6, 6.07) is 9.33. The predicted molar refractivity (Wildman–Crippen MR) is 98.2 cm³/mol. The number of rotatable bonds is 9. The Morgan fingerprint density at radius 3 is 2.48 bits per heavy atom. The average Bonchev–Trinajstić information content (AvgIpc) is 3.13. The molecule has 0 spiro atoms. The molecule has 0 bridgehead atoms. The van der Waals surface area contributed by atoms with Gasteiger partial charge in [0.05, 0.1) is 6.61 Å². The van der Waals surface area contributed by atoms with Gasteiger partial charge in [0.15, 0.2) is 0 Å². The zero-order chi connectivity index (χ0) is 18.1. The van der Waals surface area contributed by atoms with Gasteiger partial charge in [0.2, 0.25) is 11.8 Å². The molecule has 1 aliphatic heterocycles. The van der Waals surface area contributed by atoms with Gasteiger partial charge >= 0.3 is 0 Å². The zero-order valence-electron chi connectivity index (χ0n) is 15.4. The van der Waals surface area contributed by atoms with Crippen molar-refractivity contribution in [1.82, 2.24) is 10.2 Å². The number of nitrogens with zero attached hydrogens (tertiary/aromatic N) is 1. The van der Waals surface area contributed by atoms with Gasteiger partial charge in [-0.3, -0.25) is 9.59 Å². The first-order valence-electron chi connectivity index (χ1n) is 9.26. The molecule has 5 heteroatoms. The highest BCUT2D eigenvalue weighted by Gasteiger charge is 2.27. The lowest BCUT2D eigenvalue weighted by Crippen LogP contribution is -2.49. The van der Waals surface area contributed by atoms with Crippen LogP contribution in [0.25, 0.3) is 0 Å². The summed E-state index contributed by atoms with van der Waals surface area (Å²) in [5, 5.41) is 2.92. The van der Waals surface area contributed by atoms with E-state index in [1.807, 2.05) is 35.2 Å². The molecule has 2 rings (SSSR count). The Morgan fingerprint density at radius 2 is 1.84 bits per heavy atom. The third-order valence-electron chi connectivity index (χ3n) is 4.26. The maximum absolute atomic E-state index is 12.8. The summed E-state index contributed by atoms with van der Waals surface area (Å²) in [4.78, 5) is 26.9. The monoisotopic (exact) mass is 346 g/mol. The first kappa shape index (κ1) is 19.4. The predicted octanol–water partition coefficient (Wildman–Crippen LogP) is 2.40. The summed E-state index contributed by atoms with van der Waals surface area (Å²) in [5.74, 6) is 0.348. The van der Waals surface area contributed by atoms with E-state index in [9.17, 15) is 9.59 Å². The Morgan fingerprint density at radius 1 is 1.16 bits per heavy atom. The molecule has 0 radical (unpaired) electrons. The van der Waals surface area contributed by atoms with Crippen molar-refractivity contribution in [2.24, 2.45) is 5.92 Å². The van der Waals surface area contributed by atoms with Crippen molar-refractivity contribution in [2.75, 3.05) is 26.3 Å². The molecule has 1 aromatic rings. The fourth-order valence-corrected chi connectivity index (χ4v) is 2.96. The van der Waals surface area contributed by atoms with Crippen LogP contribution < -0.4 is 5.32 Å². The average molecular weight is 346 g/mol. The smallest absolute Gasteiger partial charge is 0.245 e. The number of benzene rings is 1. The minimum absolute atomic E-state index is 0.0257. The second-order valence-corrected chi connectivity index (χ2v) is 7.06. The second-order valence-electron chi connectivity index (χ2n) is 7.06. The van der Waals surface area contributed by atoms with Gasteiger partial charge in [0.1, 0.15) is 6.04 Å². The van der Waals surface area contributed by atoms with E-state index in [2.05, 4.69) is 19.2 Å². The highest BCUT2D eigenvalue weighted by Crippen LogP contribution is 2.12. The maximum atomic E-state index is 12.8. The van der Waals surface area contributed by atoms with E-state index in [-0.39, 0.29) is 18.2 Å². The molecule has 1 aromatic carbocycles. The van der Waals surface area contributed by atoms with Crippen molar-refractivity contribution < 1.29 is 14.3 Å². The molecule has 25 heavy (non-hydrogen) atoms. The van der Waals surface area contributed by atoms with Gasteiger partial charge in [0.25, 0.3) is 0 Å². The molecule has 0 saturated carbocycles. The lowest BCUT2D eigenvalue weighted by Gasteiger charge is -2.24. The van der Waals surface area contributed by atoms with Gasteiger partial charge in [0, 0.05) is 32.5 Å². The Balaban J connectivity index is 1.91. The van der Waals surface area contributed by atoms with Crippen LogP contribution in [0.15, 0.2) is 30.3 Å². The first-order chi connectivity index (χ1) is 12.1. The molecule has 1 aliphatic rings. The van der Waals surface area contributed by atoms with E-state index in [4.69, 9.17) is 4.74 Å². The molecular weight excluding hydrogens is 316 g/mol. The third kappa shape index (κ3) is 6.86.